The molecule has 0 saturated heterocycles. The lowest BCUT2D eigenvalue weighted by Gasteiger charge is -2.06. The molecule has 96 valence electrons. The number of halogens is 3. The molecule has 19 heavy (non-hydrogen) atoms. The van der Waals surface area contributed by atoms with Crippen molar-refractivity contribution in [1.29, 1.82) is 0 Å². The van der Waals surface area contributed by atoms with Crippen molar-refractivity contribution in [3.8, 4) is 0 Å². The first-order valence-corrected chi connectivity index (χ1v) is 6.54. The normalized spacial score (nSPS) is 11.1. The number of hydrogen-bond donors (Lipinski definition) is 0. The van der Waals surface area contributed by atoms with Gasteiger partial charge in [0, 0.05) is 10.0 Å². The van der Waals surface area contributed by atoms with Gasteiger partial charge >= 0.3 is 0 Å². The van der Waals surface area contributed by atoms with Crippen LogP contribution in [0, 0.1) is 0 Å². The lowest BCUT2D eigenvalue weighted by atomic mass is 10.2. The summed E-state index contributed by atoms with van der Waals surface area (Å²) in [5, 5.41) is 1.61. The number of aromatic nitrogens is 4. The van der Waals surface area contributed by atoms with E-state index < -0.39 is 0 Å². The largest absolute Gasteiger partial charge is 0.311 e. The van der Waals surface area contributed by atoms with Crippen molar-refractivity contribution >= 4 is 46.0 Å². The lowest BCUT2D eigenvalue weighted by Crippen LogP contribution is -2.00. The van der Waals surface area contributed by atoms with E-state index in [2.05, 4.69) is 15.0 Å². The van der Waals surface area contributed by atoms with Crippen LogP contribution in [-0.4, -0.2) is 19.5 Å². The van der Waals surface area contributed by atoms with Crippen molar-refractivity contribution in [2.45, 2.75) is 6.54 Å². The number of fused-ring (bicyclic) bond motifs is 1. The zero-order chi connectivity index (χ0) is 13.4. The molecule has 0 bridgehead atoms. The fourth-order valence-electron chi connectivity index (χ4n) is 1.82. The number of nitrogens with zero attached hydrogens (tertiary/aromatic N) is 4. The van der Waals surface area contributed by atoms with Crippen LogP contribution in [-0.2, 0) is 6.54 Å². The van der Waals surface area contributed by atoms with Crippen molar-refractivity contribution in [1.82, 2.24) is 19.5 Å². The summed E-state index contributed by atoms with van der Waals surface area (Å²) in [4.78, 5) is 12.3. The van der Waals surface area contributed by atoms with Gasteiger partial charge in [-0.3, -0.25) is 0 Å². The van der Waals surface area contributed by atoms with Gasteiger partial charge in [-0.25, -0.2) is 15.0 Å². The SMILES string of the molecule is Clc1ccc(Cl)c(Cn2cnc3c(Cl)ncnc32)c1. The molecular weight excluding hydrogens is 307 g/mol. The number of imidazole rings is 1. The summed E-state index contributed by atoms with van der Waals surface area (Å²) in [5.74, 6) is 0. The molecule has 7 heteroatoms. The van der Waals surface area contributed by atoms with Crippen molar-refractivity contribution in [2.24, 2.45) is 0 Å². The van der Waals surface area contributed by atoms with Crippen LogP contribution in [0.4, 0.5) is 0 Å². The number of rotatable bonds is 2. The second-order valence-electron chi connectivity index (χ2n) is 3.94. The molecule has 0 saturated carbocycles. The Balaban J connectivity index is 2.06. The molecule has 0 aliphatic carbocycles. The van der Waals surface area contributed by atoms with Gasteiger partial charge in [0.2, 0.25) is 0 Å². The van der Waals surface area contributed by atoms with Gasteiger partial charge in [-0.2, -0.15) is 0 Å². The number of benzene rings is 1. The molecule has 4 nitrogen and oxygen atoms in total. The highest BCUT2D eigenvalue weighted by molar-refractivity contribution is 6.34. The minimum absolute atomic E-state index is 0.334. The summed E-state index contributed by atoms with van der Waals surface area (Å²) in [5.41, 5.74) is 2.13. The molecule has 0 amide bonds. The maximum atomic E-state index is 6.14. The molecule has 3 aromatic rings. The van der Waals surface area contributed by atoms with E-state index in [-0.39, 0.29) is 0 Å². The lowest BCUT2D eigenvalue weighted by molar-refractivity contribution is 0.813. The van der Waals surface area contributed by atoms with Crippen LogP contribution in [0.2, 0.25) is 15.2 Å². The van der Waals surface area contributed by atoms with Crippen LogP contribution in [0.5, 0.6) is 0 Å². The summed E-state index contributed by atoms with van der Waals surface area (Å²) in [6, 6.07) is 5.33. The average molecular weight is 314 g/mol. The molecule has 0 aliphatic rings. The van der Waals surface area contributed by atoms with Gasteiger partial charge in [0.25, 0.3) is 0 Å². The van der Waals surface area contributed by atoms with Crippen LogP contribution >= 0.6 is 34.8 Å². The first kappa shape index (κ1) is 12.7. The smallest absolute Gasteiger partial charge is 0.165 e. The monoisotopic (exact) mass is 312 g/mol. The molecule has 0 fully saturated rings. The van der Waals surface area contributed by atoms with E-state index in [1.54, 1.807) is 18.5 Å². The van der Waals surface area contributed by atoms with E-state index in [1.807, 2.05) is 10.6 Å². The Kier molecular flexibility index (Phi) is 3.31. The van der Waals surface area contributed by atoms with Crippen molar-refractivity contribution < 1.29 is 0 Å². The molecule has 3 rings (SSSR count). The molecular formula is C12H7Cl3N4. The van der Waals surface area contributed by atoms with Crippen LogP contribution in [0.25, 0.3) is 11.2 Å². The maximum absolute atomic E-state index is 6.14. The van der Waals surface area contributed by atoms with Crippen LogP contribution < -0.4 is 0 Å². The van der Waals surface area contributed by atoms with Gasteiger partial charge in [0.1, 0.15) is 11.8 Å². The van der Waals surface area contributed by atoms with Crippen LogP contribution in [0.15, 0.2) is 30.9 Å². The fourth-order valence-corrected chi connectivity index (χ4v) is 2.36. The molecule has 2 aromatic heterocycles. The molecule has 2 heterocycles. The first-order valence-electron chi connectivity index (χ1n) is 5.40. The maximum Gasteiger partial charge on any atom is 0.165 e. The van der Waals surface area contributed by atoms with Gasteiger partial charge in [0.05, 0.1) is 12.9 Å². The predicted octanol–water partition coefficient (Wildman–Crippen LogP) is 3.83. The molecule has 0 radical (unpaired) electrons. The zero-order valence-corrected chi connectivity index (χ0v) is 11.8. The minimum atomic E-state index is 0.334. The highest BCUT2D eigenvalue weighted by atomic mass is 35.5. The third kappa shape index (κ3) is 2.39. The van der Waals surface area contributed by atoms with Crippen molar-refractivity contribution in [3.05, 3.63) is 51.6 Å². The van der Waals surface area contributed by atoms with Gasteiger partial charge in [-0.15, -0.1) is 0 Å². The van der Waals surface area contributed by atoms with Crippen LogP contribution in [0.3, 0.4) is 0 Å². The second kappa shape index (κ2) is 4.96. The molecule has 0 atom stereocenters. The van der Waals surface area contributed by atoms with Gasteiger partial charge < -0.3 is 4.57 Å². The van der Waals surface area contributed by atoms with Crippen LogP contribution in [0.1, 0.15) is 5.56 Å². The summed E-state index contributed by atoms with van der Waals surface area (Å²) in [7, 11) is 0. The van der Waals surface area contributed by atoms with Gasteiger partial charge in [0.15, 0.2) is 10.8 Å². The van der Waals surface area contributed by atoms with E-state index in [0.717, 1.165) is 5.56 Å². The quantitative estimate of drug-likeness (QED) is 0.675. The summed E-state index contributed by atoms with van der Waals surface area (Å²) in [6.07, 6.45) is 3.06. The minimum Gasteiger partial charge on any atom is -0.311 e. The van der Waals surface area contributed by atoms with E-state index in [4.69, 9.17) is 34.8 Å². The van der Waals surface area contributed by atoms with E-state index >= 15 is 0 Å². The molecule has 0 spiro atoms. The van der Waals surface area contributed by atoms with Crippen molar-refractivity contribution in [3.63, 3.8) is 0 Å². The Morgan fingerprint density at radius 1 is 1.05 bits per heavy atom. The highest BCUT2D eigenvalue weighted by Gasteiger charge is 2.10. The fraction of sp³-hybridized carbons (Fsp3) is 0.0833. The summed E-state index contributed by atoms with van der Waals surface area (Å²) >= 11 is 18.1. The first-order chi connectivity index (χ1) is 9.15. The average Bonchev–Trinajstić information content (AvgIpc) is 2.79. The summed E-state index contributed by atoms with van der Waals surface area (Å²) < 4.78 is 1.85. The standard InChI is InChI=1S/C12H7Cl3N4/c13-8-1-2-9(14)7(3-8)4-19-6-18-10-11(15)16-5-17-12(10)19/h1-3,5-6H,4H2. The third-order valence-corrected chi connectivity index (χ3v) is 3.59. The summed E-state index contributed by atoms with van der Waals surface area (Å²) in [6.45, 7) is 0.517. The molecule has 0 unspecified atom stereocenters. The van der Waals surface area contributed by atoms with Gasteiger partial charge in [-0.1, -0.05) is 34.8 Å². The Morgan fingerprint density at radius 2 is 1.89 bits per heavy atom. The van der Waals surface area contributed by atoms with E-state index in [0.29, 0.717) is 32.9 Å². The van der Waals surface area contributed by atoms with E-state index in [9.17, 15) is 0 Å². The Labute approximate surface area is 124 Å². The topological polar surface area (TPSA) is 43.6 Å². The highest BCUT2D eigenvalue weighted by Crippen LogP contribution is 2.23. The Morgan fingerprint density at radius 3 is 2.74 bits per heavy atom. The predicted molar refractivity (Wildman–Crippen MR) is 75.9 cm³/mol. The van der Waals surface area contributed by atoms with Gasteiger partial charge in [-0.05, 0) is 23.8 Å². The third-order valence-electron chi connectivity index (χ3n) is 2.71. The Hall–Kier alpha value is -1.36. The number of hydrogen-bond acceptors (Lipinski definition) is 3. The molecule has 0 N–H and O–H groups in total. The molecule has 0 aliphatic heterocycles. The zero-order valence-electron chi connectivity index (χ0n) is 9.52. The van der Waals surface area contributed by atoms with Crippen molar-refractivity contribution in [2.75, 3.05) is 0 Å². The van der Waals surface area contributed by atoms with E-state index in [1.165, 1.54) is 6.33 Å². The Bertz CT molecular complexity index is 754. The molecule has 1 aromatic carbocycles. The second-order valence-corrected chi connectivity index (χ2v) is 5.15.